The summed E-state index contributed by atoms with van der Waals surface area (Å²) in [6.45, 7) is -0.934. The number of hydrogen-bond acceptors (Lipinski definition) is 4. The Labute approximate surface area is 113 Å². The molecule has 0 fully saturated rings. The molecule has 1 heterocycles. The van der Waals surface area contributed by atoms with Gasteiger partial charge in [0.15, 0.2) is 0 Å². The van der Waals surface area contributed by atoms with Crippen LogP contribution in [0, 0.1) is 0 Å². The smallest absolute Gasteiger partial charge is 0.326 e. The Morgan fingerprint density at radius 3 is 2.80 bits per heavy atom. The Morgan fingerprint density at radius 1 is 1.50 bits per heavy atom. The number of carbonyl (C=O) groups excluding carboxylic acids is 1. The molecule has 0 aliphatic heterocycles. The summed E-state index contributed by atoms with van der Waals surface area (Å²) >= 11 is 0. The highest BCUT2D eigenvalue weighted by Crippen LogP contribution is 2.00. The van der Waals surface area contributed by atoms with Gasteiger partial charge < -0.3 is 20.1 Å². The minimum Gasteiger partial charge on any atom is -0.480 e. The summed E-state index contributed by atoms with van der Waals surface area (Å²) in [5.74, 6) is -1.77. The fourth-order valence-electron chi connectivity index (χ4n) is 1.42. The van der Waals surface area contributed by atoms with Crippen molar-refractivity contribution >= 4 is 11.9 Å². The lowest BCUT2D eigenvalue weighted by Crippen LogP contribution is -2.42. The zero-order chi connectivity index (χ0) is 15.0. The van der Waals surface area contributed by atoms with Crippen LogP contribution < -0.4 is 5.32 Å². The van der Waals surface area contributed by atoms with Crippen LogP contribution in [-0.2, 0) is 20.7 Å². The third kappa shape index (κ3) is 6.23. The molecule has 0 bridgehead atoms. The third-order valence-electron chi connectivity index (χ3n) is 2.33. The molecule has 20 heavy (non-hydrogen) atoms. The molecule has 112 valence electrons. The lowest BCUT2D eigenvalue weighted by Gasteiger charge is -2.13. The minimum atomic E-state index is -2.59. The highest BCUT2D eigenvalue weighted by Gasteiger charge is 2.20. The molecule has 1 aromatic rings. The number of alkyl halides is 2. The number of ether oxygens (including phenoxy) is 1. The van der Waals surface area contributed by atoms with Crippen LogP contribution in [0.25, 0.3) is 0 Å². The summed E-state index contributed by atoms with van der Waals surface area (Å²) in [7, 11) is 0. The Morgan fingerprint density at radius 2 is 2.25 bits per heavy atom. The van der Waals surface area contributed by atoms with Gasteiger partial charge in [-0.2, -0.15) is 0 Å². The van der Waals surface area contributed by atoms with Crippen LogP contribution in [0.3, 0.4) is 0 Å². The van der Waals surface area contributed by atoms with Gasteiger partial charge in [0.1, 0.15) is 12.6 Å². The monoisotopic (exact) mass is 291 g/mol. The standard InChI is InChI=1S/C11H15F2N3O4/c12-9(13)5-20-2-1-10(17)16-8(11(18)19)3-7-4-14-6-15-7/h4,6,8-9H,1-3,5H2,(H,14,15)(H,16,17)(H,18,19)/t8-/m0/s1. The Hall–Kier alpha value is -2.03. The summed E-state index contributed by atoms with van der Waals surface area (Å²) in [6, 6.07) is -1.11. The van der Waals surface area contributed by atoms with E-state index < -0.39 is 31.0 Å². The quantitative estimate of drug-likeness (QED) is 0.564. The third-order valence-corrected chi connectivity index (χ3v) is 2.33. The first-order chi connectivity index (χ1) is 9.49. The maximum Gasteiger partial charge on any atom is 0.326 e. The van der Waals surface area contributed by atoms with E-state index in [0.29, 0.717) is 5.69 Å². The number of rotatable bonds is 9. The van der Waals surface area contributed by atoms with Gasteiger partial charge in [-0.1, -0.05) is 0 Å². The van der Waals surface area contributed by atoms with Gasteiger partial charge >= 0.3 is 5.97 Å². The predicted octanol–water partition coefficient (Wildman–Crippen LogP) is 0.193. The zero-order valence-corrected chi connectivity index (χ0v) is 10.5. The number of carbonyl (C=O) groups is 2. The largest absolute Gasteiger partial charge is 0.480 e. The maximum atomic E-state index is 11.8. The molecule has 7 nitrogen and oxygen atoms in total. The van der Waals surface area contributed by atoms with Crippen LogP contribution in [0.4, 0.5) is 8.78 Å². The summed E-state index contributed by atoms with van der Waals surface area (Å²) in [6.07, 6.45) is 0.130. The lowest BCUT2D eigenvalue weighted by molar-refractivity contribution is -0.142. The summed E-state index contributed by atoms with van der Waals surface area (Å²) in [5, 5.41) is 11.3. The second-order valence-electron chi connectivity index (χ2n) is 3.96. The van der Waals surface area contributed by atoms with Crippen LogP contribution >= 0.6 is 0 Å². The van der Waals surface area contributed by atoms with E-state index in [1.807, 2.05) is 0 Å². The zero-order valence-electron chi connectivity index (χ0n) is 10.5. The van der Waals surface area contributed by atoms with E-state index in [2.05, 4.69) is 20.0 Å². The Balaban J connectivity index is 2.34. The highest BCUT2D eigenvalue weighted by atomic mass is 19.3. The van der Waals surface area contributed by atoms with Crippen LogP contribution in [0.15, 0.2) is 12.5 Å². The first kappa shape index (κ1) is 16.0. The first-order valence-corrected chi connectivity index (χ1v) is 5.84. The Kier molecular flexibility index (Phi) is 6.57. The number of hydrogen-bond donors (Lipinski definition) is 3. The van der Waals surface area contributed by atoms with Crippen LogP contribution in [-0.4, -0.2) is 52.6 Å². The number of nitrogens with one attached hydrogen (secondary N) is 2. The number of carboxylic acids is 1. The topological polar surface area (TPSA) is 104 Å². The van der Waals surface area contributed by atoms with Crippen molar-refractivity contribution in [1.29, 1.82) is 0 Å². The molecule has 1 aromatic heterocycles. The van der Waals surface area contributed by atoms with E-state index in [1.165, 1.54) is 12.5 Å². The molecule has 0 aromatic carbocycles. The molecular weight excluding hydrogens is 276 g/mol. The van der Waals surface area contributed by atoms with E-state index in [-0.39, 0.29) is 19.4 Å². The van der Waals surface area contributed by atoms with E-state index in [1.54, 1.807) is 0 Å². The summed E-state index contributed by atoms with van der Waals surface area (Å²) in [5.41, 5.74) is 0.562. The minimum absolute atomic E-state index is 0.0545. The van der Waals surface area contributed by atoms with Crippen molar-refractivity contribution in [3.05, 3.63) is 18.2 Å². The molecule has 3 N–H and O–H groups in total. The molecule has 0 radical (unpaired) electrons. The van der Waals surface area contributed by atoms with Gasteiger partial charge in [-0.15, -0.1) is 0 Å². The van der Waals surface area contributed by atoms with Gasteiger partial charge in [0.25, 0.3) is 6.43 Å². The van der Waals surface area contributed by atoms with Crippen molar-refractivity contribution in [3.8, 4) is 0 Å². The molecule has 1 rings (SSSR count). The molecule has 0 aliphatic carbocycles. The second-order valence-corrected chi connectivity index (χ2v) is 3.96. The SMILES string of the molecule is O=C(CCOCC(F)F)N[C@@H](Cc1cnc[nH]1)C(=O)O. The summed E-state index contributed by atoms with van der Waals surface area (Å²) < 4.78 is 28.1. The number of imidazole rings is 1. The van der Waals surface area contributed by atoms with E-state index in [0.717, 1.165) is 0 Å². The van der Waals surface area contributed by atoms with Crippen LogP contribution in [0.2, 0.25) is 0 Å². The van der Waals surface area contributed by atoms with Crippen molar-refractivity contribution < 1.29 is 28.2 Å². The maximum absolute atomic E-state index is 11.8. The van der Waals surface area contributed by atoms with E-state index >= 15 is 0 Å². The second kappa shape index (κ2) is 8.20. The fraction of sp³-hybridized carbons (Fsp3) is 0.545. The van der Waals surface area contributed by atoms with Crippen molar-refractivity contribution in [2.24, 2.45) is 0 Å². The number of aromatic amines is 1. The predicted molar refractivity (Wildman–Crippen MR) is 63.3 cm³/mol. The molecule has 0 aliphatic rings. The van der Waals surface area contributed by atoms with Crippen LogP contribution in [0.5, 0.6) is 0 Å². The molecular formula is C11H15F2N3O4. The number of aromatic nitrogens is 2. The molecule has 0 saturated carbocycles. The van der Waals surface area contributed by atoms with Crippen molar-refractivity contribution in [3.63, 3.8) is 0 Å². The number of halogens is 2. The molecule has 1 atom stereocenters. The van der Waals surface area contributed by atoms with Crippen molar-refractivity contribution in [2.75, 3.05) is 13.2 Å². The highest BCUT2D eigenvalue weighted by molar-refractivity contribution is 5.83. The van der Waals surface area contributed by atoms with Gasteiger partial charge in [0.05, 0.1) is 12.9 Å². The van der Waals surface area contributed by atoms with Crippen molar-refractivity contribution in [1.82, 2.24) is 15.3 Å². The number of amides is 1. The Bertz CT molecular complexity index is 425. The number of H-pyrrole nitrogens is 1. The van der Waals surface area contributed by atoms with Crippen LogP contribution in [0.1, 0.15) is 12.1 Å². The average molecular weight is 291 g/mol. The lowest BCUT2D eigenvalue weighted by atomic mass is 10.1. The molecule has 0 unspecified atom stereocenters. The van der Waals surface area contributed by atoms with Crippen molar-refractivity contribution in [2.45, 2.75) is 25.3 Å². The van der Waals surface area contributed by atoms with Gasteiger partial charge in [0, 0.05) is 24.7 Å². The number of nitrogens with zero attached hydrogens (tertiary/aromatic N) is 1. The van der Waals surface area contributed by atoms with E-state index in [4.69, 9.17) is 5.11 Å². The summed E-state index contributed by atoms with van der Waals surface area (Å²) in [4.78, 5) is 28.9. The molecule has 9 heteroatoms. The first-order valence-electron chi connectivity index (χ1n) is 5.84. The van der Waals surface area contributed by atoms with Gasteiger partial charge in [0.2, 0.25) is 5.91 Å². The average Bonchev–Trinajstić information content (AvgIpc) is 2.86. The van der Waals surface area contributed by atoms with Gasteiger partial charge in [-0.25, -0.2) is 18.6 Å². The van der Waals surface area contributed by atoms with Gasteiger partial charge in [-0.05, 0) is 0 Å². The number of carboxylic acid groups (broad SMARTS) is 1. The number of aliphatic carboxylic acids is 1. The molecule has 0 spiro atoms. The molecule has 1 amide bonds. The normalized spacial score (nSPS) is 12.3. The van der Waals surface area contributed by atoms with Gasteiger partial charge in [-0.3, -0.25) is 4.79 Å². The fourth-order valence-corrected chi connectivity index (χ4v) is 1.42. The van der Waals surface area contributed by atoms with E-state index in [9.17, 15) is 18.4 Å². The molecule has 0 saturated heterocycles.